The SMILES string of the molecule is COC(=O)c1ccc(N2CCC(c3ncn[nH]3)CC2)nc1C. The topological polar surface area (TPSA) is 84.0 Å². The van der Waals surface area contributed by atoms with Gasteiger partial charge in [-0.15, -0.1) is 0 Å². The Bertz CT molecular complexity index is 648. The van der Waals surface area contributed by atoms with E-state index in [2.05, 4.69) is 25.1 Å². The number of H-pyrrole nitrogens is 1. The van der Waals surface area contributed by atoms with E-state index in [-0.39, 0.29) is 5.97 Å². The number of pyridine rings is 1. The molecule has 0 spiro atoms. The summed E-state index contributed by atoms with van der Waals surface area (Å²) < 4.78 is 4.75. The highest BCUT2D eigenvalue weighted by atomic mass is 16.5. The highest BCUT2D eigenvalue weighted by Crippen LogP contribution is 2.28. The lowest BCUT2D eigenvalue weighted by Crippen LogP contribution is -2.34. The molecule has 1 aliphatic heterocycles. The van der Waals surface area contributed by atoms with Gasteiger partial charge in [0.15, 0.2) is 0 Å². The van der Waals surface area contributed by atoms with E-state index in [1.54, 1.807) is 12.4 Å². The Kier molecular flexibility index (Phi) is 4.04. The van der Waals surface area contributed by atoms with Gasteiger partial charge in [0.2, 0.25) is 0 Å². The van der Waals surface area contributed by atoms with Gasteiger partial charge >= 0.3 is 5.97 Å². The molecule has 3 heterocycles. The zero-order valence-corrected chi connectivity index (χ0v) is 12.7. The summed E-state index contributed by atoms with van der Waals surface area (Å²) in [5, 5.41) is 6.86. The molecule has 0 unspecified atom stereocenters. The first-order valence-corrected chi connectivity index (χ1v) is 7.35. The predicted octanol–water partition coefficient (Wildman–Crippen LogP) is 1.68. The summed E-state index contributed by atoms with van der Waals surface area (Å²) in [4.78, 5) is 22.6. The van der Waals surface area contributed by atoms with Crippen LogP contribution in [0.5, 0.6) is 0 Å². The fourth-order valence-corrected chi connectivity index (χ4v) is 2.84. The molecule has 0 atom stereocenters. The van der Waals surface area contributed by atoms with Crippen molar-refractivity contribution < 1.29 is 9.53 Å². The predicted molar refractivity (Wildman–Crippen MR) is 80.9 cm³/mol. The smallest absolute Gasteiger partial charge is 0.339 e. The number of aromatic amines is 1. The summed E-state index contributed by atoms with van der Waals surface area (Å²) in [6.45, 7) is 3.65. The number of carbonyl (C=O) groups is 1. The fourth-order valence-electron chi connectivity index (χ4n) is 2.84. The molecule has 22 heavy (non-hydrogen) atoms. The van der Waals surface area contributed by atoms with Crippen LogP contribution in [0, 0.1) is 6.92 Å². The van der Waals surface area contributed by atoms with Crippen LogP contribution in [0.2, 0.25) is 0 Å². The van der Waals surface area contributed by atoms with Gasteiger partial charge in [0.1, 0.15) is 18.0 Å². The lowest BCUT2D eigenvalue weighted by atomic mass is 9.96. The van der Waals surface area contributed by atoms with Crippen molar-refractivity contribution in [2.45, 2.75) is 25.7 Å². The second-order valence-corrected chi connectivity index (χ2v) is 5.43. The minimum Gasteiger partial charge on any atom is -0.465 e. The summed E-state index contributed by atoms with van der Waals surface area (Å²) in [5.74, 6) is 1.95. The van der Waals surface area contributed by atoms with Crippen molar-refractivity contribution in [3.63, 3.8) is 0 Å². The summed E-state index contributed by atoms with van der Waals surface area (Å²) in [5.41, 5.74) is 1.21. The van der Waals surface area contributed by atoms with Crippen LogP contribution >= 0.6 is 0 Å². The van der Waals surface area contributed by atoms with Crippen molar-refractivity contribution in [1.82, 2.24) is 20.2 Å². The van der Waals surface area contributed by atoms with E-state index in [9.17, 15) is 4.79 Å². The highest BCUT2D eigenvalue weighted by Gasteiger charge is 2.23. The van der Waals surface area contributed by atoms with Crippen molar-refractivity contribution >= 4 is 11.8 Å². The van der Waals surface area contributed by atoms with Gasteiger partial charge in [0.05, 0.1) is 18.4 Å². The number of ether oxygens (including phenoxy) is 1. The quantitative estimate of drug-likeness (QED) is 0.868. The van der Waals surface area contributed by atoms with E-state index in [1.165, 1.54) is 7.11 Å². The Balaban J connectivity index is 1.69. The van der Waals surface area contributed by atoms with Gasteiger partial charge in [-0.25, -0.2) is 14.8 Å². The van der Waals surface area contributed by atoms with Gasteiger partial charge in [-0.05, 0) is 31.9 Å². The molecule has 1 saturated heterocycles. The van der Waals surface area contributed by atoms with Crippen molar-refractivity contribution in [2.24, 2.45) is 0 Å². The number of anilines is 1. The van der Waals surface area contributed by atoms with Crippen LogP contribution in [0.3, 0.4) is 0 Å². The van der Waals surface area contributed by atoms with E-state index < -0.39 is 0 Å². The Morgan fingerprint density at radius 2 is 2.14 bits per heavy atom. The third-order valence-corrected chi connectivity index (χ3v) is 4.12. The Morgan fingerprint density at radius 1 is 1.36 bits per heavy atom. The van der Waals surface area contributed by atoms with Crippen LogP contribution in [0.25, 0.3) is 0 Å². The summed E-state index contributed by atoms with van der Waals surface area (Å²) in [7, 11) is 1.38. The molecule has 0 saturated carbocycles. The molecule has 2 aromatic heterocycles. The molecule has 0 radical (unpaired) electrons. The van der Waals surface area contributed by atoms with Crippen molar-refractivity contribution in [3.8, 4) is 0 Å². The van der Waals surface area contributed by atoms with Crippen LogP contribution in [0.1, 0.15) is 40.6 Å². The molecule has 0 bridgehead atoms. The van der Waals surface area contributed by atoms with Gasteiger partial charge in [-0.1, -0.05) is 0 Å². The maximum absolute atomic E-state index is 11.6. The average molecular weight is 301 g/mol. The van der Waals surface area contributed by atoms with Crippen LogP contribution < -0.4 is 4.90 Å². The number of piperidine rings is 1. The van der Waals surface area contributed by atoms with Crippen molar-refractivity contribution in [1.29, 1.82) is 0 Å². The molecule has 1 aliphatic rings. The number of aryl methyl sites for hydroxylation is 1. The van der Waals surface area contributed by atoms with Gasteiger partial charge in [0, 0.05) is 19.0 Å². The molecule has 1 N–H and O–H groups in total. The third-order valence-electron chi connectivity index (χ3n) is 4.12. The minimum atomic E-state index is -0.347. The molecule has 0 amide bonds. The normalized spacial score (nSPS) is 15.8. The van der Waals surface area contributed by atoms with E-state index >= 15 is 0 Å². The number of hydrogen-bond donors (Lipinski definition) is 1. The number of methoxy groups -OCH3 is 1. The van der Waals surface area contributed by atoms with Crippen LogP contribution in [-0.2, 0) is 4.74 Å². The minimum absolute atomic E-state index is 0.347. The number of carbonyl (C=O) groups excluding carboxylic acids is 1. The van der Waals surface area contributed by atoms with Gasteiger partial charge in [-0.2, -0.15) is 5.10 Å². The number of nitrogens with zero attached hydrogens (tertiary/aromatic N) is 4. The monoisotopic (exact) mass is 301 g/mol. The summed E-state index contributed by atoms with van der Waals surface area (Å²) in [6.07, 6.45) is 3.57. The van der Waals surface area contributed by atoms with E-state index in [4.69, 9.17) is 4.74 Å². The van der Waals surface area contributed by atoms with E-state index in [1.807, 2.05) is 13.0 Å². The third kappa shape index (κ3) is 2.79. The fraction of sp³-hybridized carbons (Fsp3) is 0.467. The number of esters is 1. The molecule has 1 fully saturated rings. The lowest BCUT2D eigenvalue weighted by Gasteiger charge is -2.32. The first-order valence-electron chi connectivity index (χ1n) is 7.35. The number of nitrogens with one attached hydrogen (secondary N) is 1. The molecular weight excluding hydrogens is 282 g/mol. The maximum Gasteiger partial charge on any atom is 0.339 e. The van der Waals surface area contributed by atoms with Crippen LogP contribution in [0.15, 0.2) is 18.5 Å². The van der Waals surface area contributed by atoms with Gasteiger partial charge < -0.3 is 9.64 Å². The maximum atomic E-state index is 11.6. The second kappa shape index (κ2) is 6.13. The lowest BCUT2D eigenvalue weighted by molar-refractivity contribution is 0.0599. The zero-order valence-electron chi connectivity index (χ0n) is 12.7. The zero-order chi connectivity index (χ0) is 15.5. The van der Waals surface area contributed by atoms with Crippen LogP contribution in [0.4, 0.5) is 5.82 Å². The molecular formula is C15H19N5O2. The Hall–Kier alpha value is -2.44. The Labute approximate surface area is 128 Å². The van der Waals surface area contributed by atoms with E-state index in [0.29, 0.717) is 17.2 Å². The average Bonchev–Trinajstić information content (AvgIpc) is 3.08. The molecule has 7 heteroatoms. The molecule has 116 valence electrons. The summed E-state index contributed by atoms with van der Waals surface area (Å²) in [6, 6.07) is 3.67. The molecule has 0 aliphatic carbocycles. The first kappa shape index (κ1) is 14.5. The largest absolute Gasteiger partial charge is 0.465 e. The number of rotatable bonds is 3. The summed E-state index contributed by atoms with van der Waals surface area (Å²) >= 11 is 0. The molecule has 3 rings (SSSR count). The highest BCUT2D eigenvalue weighted by molar-refractivity contribution is 5.90. The van der Waals surface area contributed by atoms with Crippen LogP contribution in [-0.4, -0.2) is 46.3 Å². The molecule has 0 aromatic carbocycles. The number of hydrogen-bond acceptors (Lipinski definition) is 6. The second-order valence-electron chi connectivity index (χ2n) is 5.43. The standard InChI is InChI=1S/C15H19N5O2/c1-10-12(15(21)22-2)3-4-13(18-10)20-7-5-11(6-8-20)14-16-9-17-19-14/h3-4,9,11H,5-8H2,1-2H3,(H,16,17,19). The Morgan fingerprint density at radius 3 is 2.73 bits per heavy atom. The first-order chi connectivity index (χ1) is 10.7. The molecule has 2 aromatic rings. The molecule has 7 nitrogen and oxygen atoms in total. The van der Waals surface area contributed by atoms with Gasteiger partial charge in [0.25, 0.3) is 0 Å². The van der Waals surface area contributed by atoms with Crippen molar-refractivity contribution in [3.05, 3.63) is 35.5 Å². The number of aromatic nitrogens is 4. The van der Waals surface area contributed by atoms with Gasteiger partial charge in [-0.3, -0.25) is 5.10 Å². The van der Waals surface area contributed by atoms with E-state index in [0.717, 1.165) is 37.6 Å². The van der Waals surface area contributed by atoms with Crippen molar-refractivity contribution in [2.75, 3.05) is 25.1 Å².